The van der Waals surface area contributed by atoms with Crippen LogP contribution in [0.15, 0.2) is 60.8 Å². The van der Waals surface area contributed by atoms with Gasteiger partial charge < -0.3 is 20.7 Å². The van der Waals surface area contributed by atoms with Crippen molar-refractivity contribution in [3.63, 3.8) is 0 Å². The van der Waals surface area contributed by atoms with Crippen LogP contribution in [0.3, 0.4) is 0 Å². The molecule has 164 valence electrons. The Kier molecular flexibility index (Phi) is 6.21. The van der Waals surface area contributed by atoms with E-state index in [0.717, 1.165) is 18.4 Å². The number of nitrogens with one attached hydrogen (secondary N) is 3. The molecule has 3 aromatic rings. The molecule has 0 unspecified atom stereocenters. The first-order valence-electron chi connectivity index (χ1n) is 9.89. The molecule has 4 rings (SSSR count). The van der Waals surface area contributed by atoms with E-state index < -0.39 is 5.54 Å². The molecule has 0 saturated heterocycles. The molecule has 1 saturated carbocycles. The minimum atomic E-state index is -0.478. The van der Waals surface area contributed by atoms with Crippen molar-refractivity contribution in [2.45, 2.75) is 18.4 Å². The lowest BCUT2D eigenvalue weighted by atomic mass is 10.0. The number of nitrogens with zero attached hydrogens (tertiary/aromatic N) is 1. The molecule has 0 aliphatic heterocycles. The molecule has 9 heteroatoms. The van der Waals surface area contributed by atoms with Crippen LogP contribution in [0.2, 0.25) is 10.0 Å². The van der Waals surface area contributed by atoms with Crippen molar-refractivity contribution in [2.24, 2.45) is 0 Å². The van der Waals surface area contributed by atoms with Gasteiger partial charge in [0.1, 0.15) is 17.2 Å². The number of rotatable bonds is 6. The van der Waals surface area contributed by atoms with Gasteiger partial charge in [0.25, 0.3) is 5.91 Å². The molecule has 1 aliphatic rings. The van der Waals surface area contributed by atoms with Crippen LogP contribution in [0.4, 0.5) is 10.5 Å². The Labute approximate surface area is 195 Å². The van der Waals surface area contributed by atoms with Crippen molar-refractivity contribution in [1.82, 2.24) is 15.6 Å². The second-order valence-corrected chi connectivity index (χ2v) is 8.21. The lowest BCUT2D eigenvalue weighted by Crippen LogP contribution is -2.38. The predicted octanol–water partition coefficient (Wildman–Crippen LogP) is 5.35. The summed E-state index contributed by atoms with van der Waals surface area (Å²) in [5.41, 5.74) is 1.19. The van der Waals surface area contributed by atoms with Gasteiger partial charge in [0, 0.05) is 24.3 Å². The quantitative estimate of drug-likeness (QED) is 0.452. The molecule has 0 spiro atoms. The van der Waals surface area contributed by atoms with Crippen LogP contribution in [-0.4, -0.2) is 24.0 Å². The number of hydrogen-bond acceptors (Lipinski definition) is 4. The fourth-order valence-electron chi connectivity index (χ4n) is 3.29. The van der Waals surface area contributed by atoms with Crippen LogP contribution in [0.25, 0.3) is 0 Å². The Morgan fingerprint density at radius 2 is 1.81 bits per heavy atom. The van der Waals surface area contributed by atoms with Crippen LogP contribution >= 0.6 is 23.2 Å². The van der Waals surface area contributed by atoms with Gasteiger partial charge in [0.15, 0.2) is 0 Å². The fourth-order valence-corrected chi connectivity index (χ4v) is 3.75. The molecule has 1 aliphatic carbocycles. The summed E-state index contributed by atoms with van der Waals surface area (Å²) in [6.07, 6.45) is 3.11. The first kappa shape index (κ1) is 21.9. The van der Waals surface area contributed by atoms with Gasteiger partial charge in [0.05, 0.1) is 16.2 Å². The van der Waals surface area contributed by atoms with Crippen LogP contribution in [-0.2, 0) is 5.54 Å². The van der Waals surface area contributed by atoms with Crippen molar-refractivity contribution < 1.29 is 14.3 Å². The summed E-state index contributed by atoms with van der Waals surface area (Å²) in [6, 6.07) is 15.3. The highest BCUT2D eigenvalue weighted by Crippen LogP contribution is 2.46. The van der Waals surface area contributed by atoms with Gasteiger partial charge in [-0.25, -0.2) is 4.79 Å². The number of carbonyl (C=O) groups is 2. The highest BCUT2D eigenvalue weighted by Gasteiger charge is 2.46. The van der Waals surface area contributed by atoms with Crippen molar-refractivity contribution in [2.75, 3.05) is 12.4 Å². The molecule has 0 atom stereocenters. The molecular formula is C23H20Cl2N4O3. The van der Waals surface area contributed by atoms with Crippen molar-refractivity contribution in [3.8, 4) is 11.5 Å². The van der Waals surface area contributed by atoms with E-state index in [-0.39, 0.29) is 17.6 Å². The molecule has 0 bridgehead atoms. The molecule has 3 amide bonds. The predicted molar refractivity (Wildman–Crippen MR) is 124 cm³/mol. The van der Waals surface area contributed by atoms with E-state index in [2.05, 4.69) is 20.9 Å². The summed E-state index contributed by atoms with van der Waals surface area (Å²) < 4.78 is 5.93. The van der Waals surface area contributed by atoms with Gasteiger partial charge in [0.2, 0.25) is 0 Å². The number of benzene rings is 2. The van der Waals surface area contributed by atoms with Crippen LogP contribution in [0.5, 0.6) is 11.5 Å². The normalized spacial score (nSPS) is 13.7. The SMILES string of the molecule is CNC(=O)c1cc(Oc2cccc(C3(NC(=O)Nc4ccc(Cl)cc4Cl)CC3)c2)ccn1. The highest BCUT2D eigenvalue weighted by molar-refractivity contribution is 6.36. The number of urea groups is 1. The van der Waals surface area contributed by atoms with E-state index in [9.17, 15) is 9.59 Å². The second kappa shape index (κ2) is 9.06. The molecule has 2 aromatic carbocycles. The molecule has 3 N–H and O–H groups in total. The van der Waals surface area contributed by atoms with Crippen molar-refractivity contribution in [3.05, 3.63) is 82.1 Å². The summed E-state index contributed by atoms with van der Waals surface area (Å²) >= 11 is 12.0. The first-order valence-corrected chi connectivity index (χ1v) is 10.6. The monoisotopic (exact) mass is 470 g/mol. The number of ether oxygens (including phenoxy) is 1. The minimum Gasteiger partial charge on any atom is -0.457 e. The Balaban J connectivity index is 1.47. The average molecular weight is 471 g/mol. The Bertz CT molecular complexity index is 1180. The van der Waals surface area contributed by atoms with Gasteiger partial charge in [-0.15, -0.1) is 0 Å². The number of anilines is 1. The largest absolute Gasteiger partial charge is 0.457 e. The molecule has 1 heterocycles. The maximum atomic E-state index is 12.6. The van der Waals surface area contributed by atoms with E-state index in [1.54, 1.807) is 37.4 Å². The van der Waals surface area contributed by atoms with Gasteiger partial charge >= 0.3 is 6.03 Å². The molecular weight excluding hydrogens is 451 g/mol. The highest BCUT2D eigenvalue weighted by atomic mass is 35.5. The topological polar surface area (TPSA) is 92.4 Å². The minimum absolute atomic E-state index is 0.263. The number of halogens is 2. The Morgan fingerprint density at radius 3 is 2.53 bits per heavy atom. The average Bonchev–Trinajstić information content (AvgIpc) is 3.56. The van der Waals surface area contributed by atoms with Crippen LogP contribution < -0.4 is 20.7 Å². The summed E-state index contributed by atoms with van der Waals surface area (Å²) in [5.74, 6) is 0.784. The maximum Gasteiger partial charge on any atom is 0.319 e. The number of hydrogen-bond donors (Lipinski definition) is 3. The van der Waals surface area contributed by atoms with E-state index >= 15 is 0 Å². The van der Waals surface area contributed by atoms with Crippen molar-refractivity contribution >= 4 is 40.8 Å². The smallest absolute Gasteiger partial charge is 0.319 e. The summed E-state index contributed by atoms with van der Waals surface area (Å²) in [4.78, 5) is 28.4. The van der Waals surface area contributed by atoms with Gasteiger partial charge in [-0.05, 0) is 54.8 Å². The third-order valence-corrected chi connectivity index (χ3v) is 5.64. The number of amides is 3. The van der Waals surface area contributed by atoms with Gasteiger partial charge in [-0.3, -0.25) is 9.78 Å². The zero-order valence-corrected chi connectivity index (χ0v) is 18.6. The fraction of sp³-hybridized carbons (Fsp3) is 0.174. The van der Waals surface area contributed by atoms with E-state index in [0.29, 0.717) is 27.2 Å². The van der Waals surface area contributed by atoms with E-state index in [1.807, 2.05) is 24.3 Å². The molecule has 1 fully saturated rings. The first-order chi connectivity index (χ1) is 15.4. The molecule has 0 radical (unpaired) electrons. The number of carbonyl (C=O) groups excluding carboxylic acids is 2. The lowest BCUT2D eigenvalue weighted by molar-refractivity contribution is 0.0958. The third-order valence-electron chi connectivity index (χ3n) is 5.10. The summed E-state index contributed by atoms with van der Waals surface area (Å²) in [6.45, 7) is 0. The van der Waals surface area contributed by atoms with Gasteiger partial charge in [-0.2, -0.15) is 0 Å². The molecule has 7 nitrogen and oxygen atoms in total. The van der Waals surface area contributed by atoms with Crippen LogP contribution in [0.1, 0.15) is 28.9 Å². The van der Waals surface area contributed by atoms with Crippen molar-refractivity contribution in [1.29, 1.82) is 0 Å². The summed E-state index contributed by atoms with van der Waals surface area (Å²) in [5, 5.41) is 9.19. The van der Waals surface area contributed by atoms with Crippen LogP contribution in [0, 0.1) is 0 Å². The zero-order valence-electron chi connectivity index (χ0n) is 17.1. The second-order valence-electron chi connectivity index (χ2n) is 7.37. The number of aromatic nitrogens is 1. The zero-order chi connectivity index (χ0) is 22.7. The Morgan fingerprint density at radius 1 is 1.03 bits per heavy atom. The van der Waals surface area contributed by atoms with E-state index in [4.69, 9.17) is 27.9 Å². The summed E-state index contributed by atoms with van der Waals surface area (Å²) in [7, 11) is 1.54. The Hall–Kier alpha value is -3.29. The lowest BCUT2D eigenvalue weighted by Gasteiger charge is -2.20. The van der Waals surface area contributed by atoms with Gasteiger partial charge in [-0.1, -0.05) is 35.3 Å². The van der Waals surface area contributed by atoms with E-state index in [1.165, 1.54) is 6.20 Å². The third kappa shape index (κ3) is 4.95. The standard InChI is InChI=1S/C23H20Cl2N4O3/c1-26-21(30)20-13-17(7-10-27-20)32-16-4-2-3-14(11-16)23(8-9-23)29-22(31)28-19-6-5-15(24)12-18(19)25/h2-7,10-13H,8-9H2,1H3,(H,26,30)(H2,28,29,31). The maximum absolute atomic E-state index is 12.6. The molecule has 32 heavy (non-hydrogen) atoms. The number of pyridine rings is 1. The molecule has 1 aromatic heterocycles.